The third-order valence-corrected chi connectivity index (χ3v) is 8.40. The molecular formula is C30H31ClF2N8O2. The molecule has 3 aliphatic rings. The van der Waals surface area contributed by atoms with Crippen molar-refractivity contribution in [2.75, 3.05) is 66.3 Å². The molecule has 0 radical (unpaired) electrons. The summed E-state index contributed by atoms with van der Waals surface area (Å²) < 4.78 is 29.1. The Labute approximate surface area is 253 Å². The van der Waals surface area contributed by atoms with Crippen LogP contribution in [0.5, 0.6) is 0 Å². The van der Waals surface area contributed by atoms with Gasteiger partial charge in [-0.25, -0.2) is 18.6 Å². The molecule has 3 amide bonds. The van der Waals surface area contributed by atoms with Crippen LogP contribution in [0.15, 0.2) is 55.3 Å². The Hall–Kier alpha value is -4.29. The van der Waals surface area contributed by atoms with Gasteiger partial charge in [0.25, 0.3) is 0 Å². The summed E-state index contributed by atoms with van der Waals surface area (Å²) in [7, 11) is 2.05. The predicted octanol–water partition coefficient (Wildman–Crippen LogP) is 4.64. The lowest BCUT2D eigenvalue weighted by Crippen LogP contribution is -2.53. The van der Waals surface area contributed by atoms with Crippen LogP contribution in [0.1, 0.15) is 12.0 Å². The molecule has 3 aromatic rings. The molecule has 1 aromatic heterocycles. The minimum Gasteiger partial charge on any atom is -0.367 e. The number of carbonyl (C=O) groups excluding carboxylic acids is 2. The van der Waals surface area contributed by atoms with E-state index < -0.39 is 5.82 Å². The molecule has 224 valence electrons. The van der Waals surface area contributed by atoms with Gasteiger partial charge in [-0.2, -0.15) is 4.98 Å². The van der Waals surface area contributed by atoms with Crippen LogP contribution < -0.4 is 20.0 Å². The van der Waals surface area contributed by atoms with Crippen LogP contribution in [0.4, 0.5) is 42.4 Å². The van der Waals surface area contributed by atoms with Gasteiger partial charge in [0.1, 0.15) is 17.5 Å². The van der Waals surface area contributed by atoms with Gasteiger partial charge in [-0.15, -0.1) is 0 Å². The highest BCUT2D eigenvalue weighted by Gasteiger charge is 2.41. The molecule has 3 aliphatic heterocycles. The smallest absolute Gasteiger partial charge is 0.330 e. The number of hydrogen-bond donors (Lipinski definition) is 1. The van der Waals surface area contributed by atoms with Crippen LogP contribution >= 0.6 is 11.6 Å². The molecule has 1 atom stereocenters. The Morgan fingerprint density at radius 3 is 2.60 bits per heavy atom. The first-order valence-electron chi connectivity index (χ1n) is 14.0. The molecule has 0 spiro atoms. The maximum atomic E-state index is 15.1. The fourth-order valence-electron chi connectivity index (χ4n) is 5.72. The number of nitrogens with one attached hydrogen (secondary N) is 1. The van der Waals surface area contributed by atoms with E-state index in [-0.39, 0.29) is 41.3 Å². The average molecular weight is 609 g/mol. The Morgan fingerprint density at radius 1 is 1.09 bits per heavy atom. The van der Waals surface area contributed by atoms with Crippen molar-refractivity contribution in [3.8, 4) is 0 Å². The SMILES string of the molecule is C=CC(=O)N1CCC(N2C(=O)N(c3ccc(F)c(Cl)c3)Cc3cnc(Nc4ccc(N5CCN(C)CC5)c(F)c4)nc32)C1. The van der Waals surface area contributed by atoms with Gasteiger partial charge in [-0.1, -0.05) is 18.2 Å². The van der Waals surface area contributed by atoms with Crippen LogP contribution in [0.25, 0.3) is 0 Å². The zero-order valence-electron chi connectivity index (χ0n) is 23.6. The van der Waals surface area contributed by atoms with E-state index in [0.29, 0.717) is 48.0 Å². The third-order valence-electron chi connectivity index (χ3n) is 8.11. The van der Waals surface area contributed by atoms with Crippen LogP contribution in [0.3, 0.4) is 0 Å². The highest BCUT2D eigenvalue weighted by molar-refractivity contribution is 6.31. The summed E-state index contributed by atoms with van der Waals surface area (Å²) in [5.74, 6) is -0.580. The van der Waals surface area contributed by atoms with Crippen molar-refractivity contribution in [3.05, 3.63) is 77.5 Å². The Bertz CT molecular complexity index is 1580. The number of hydrogen-bond acceptors (Lipinski definition) is 7. The van der Waals surface area contributed by atoms with Crippen molar-refractivity contribution in [1.82, 2.24) is 19.8 Å². The van der Waals surface area contributed by atoms with Gasteiger partial charge in [-0.05, 0) is 55.9 Å². The normalized spacial score (nSPS) is 19.1. The fraction of sp³-hybridized carbons (Fsp3) is 0.333. The van der Waals surface area contributed by atoms with E-state index in [1.54, 1.807) is 28.1 Å². The van der Waals surface area contributed by atoms with E-state index in [2.05, 4.69) is 21.8 Å². The maximum Gasteiger partial charge on any atom is 0.330 e. The summed E-state index contributed by atoms with van der Waals surface area (Å²) in [6.07, 6.45) is 3.38. The second kappa shape index (κ2) is 11.8. The van der Waals surface area contributed by atoms with E-state index in [9.17, 15) is 14.0 Å². The molecule has 2 aromatic carbocycles. The highest BCUT2D eigenvalue weighted by atomic mass is 35.5. The standard InChI is InChI=1S/C30H31ClF2N8O2/c1-3-27(42)39-9-8-22(18-39)41-28-19(17-40(30(41)43)21-5-6-24(32)23(31)15-21)16-34-29(36-28)35-20-4-7-26(25(33)14-20)38-12-10-37(2)11-13-38/h3-7,14-16,22H,1,8-13,17-18H2,2H3,(H,34,35,36). The van der Waals surface area contributed by atoms with Crippen LogP contribution in [0, 0.1) is 11.6 Å². The number of halogens is 3. The third kappa shape index (κ3) is 5.72. The van der Waals surface area contributed by atoms with Gasteiger partial charge in [0.2, 0.25) is 11.9 Å². The summed E-state index contributed by atoms with van der Waals surface area (Å²) in [5.41, 5.74) is 2.08. The summed E-state index contributed by atoms with van der Waals surface area (Å²) >= 11 is 6.04. The topological polar surface area (TPSA) is 88.1 Å². The Balaban J connectivity index is 1.30. The summed E-state index contributed by atoms with van der Waals surface area (Å²) in [6, 6.07) is 8.26. The van der Waals surface area contributed by atoms with E-state index in [0.717, 1.165) is 26.2 Å². The van der Waals surface area contributed by atoms with E-state index >= 15 is 4.39 Å². The average Bonchev–Trinajstić information content (AvgIpc) is 3.48. The van der Waals surface area contributed by atoms with Gasteiger partial charge in [-0.3, -0.25) is 14.6 Å². The Kier molecular flexibility index (Phi) is 7.89. The first-order chi connectivity index (χ1) is 20.7. The zero-order chi connectivity index (χ0) is 30.2. The fourth-order valence-corrected chi connectivity index (χ4v) is 5.89. The number of likely N-dealkylation sites (N-methyl/N-ethyl adjacent to an activating group) is 1. The molecule has 1 N–H and O–H groups in total. The van der Waals surface area contributed by atoms with E-state index in [1.165, 1.54) is 35.2 Å². The highest BCUT2D eigenvalue weighted by Crippen LogP contribution is 2.36. The van der Waals surface area contributed by atoms with Gasteiger partial charge in [0.05, 0.1) is 23.3 Å². The number of benzene rings is 2. The minimum atomic E-state index is -0.589. The largest absolute Gasteiger partial charge is 0.367 e. The molecule has 2 saturated heterocycles. The van der Waals surface area contributed by atoms with Gasteiger partial charge in [0.15, 0.2) is 0 Å². The van der Waals surface area contributed by atoms with Gasteiger partial charge >= 0.3 is 6.03 Å². The number of likely N-dealkylation sites (tertiary alicyclic amines) is 1. The number of anilines is 5. The quantitative estimate of drug-likeness (QED) is 0.408. The summed E-state index contributed by atoms with van der Waals surface area (Å²) in [4.78, 5) is 44.4. The molecule has 0 saturated carbocycles. The molecule has 10 nitrogen and oxygen atoms in total. The van der Waals surface area contributed by atoms with Crippen LogP contribution in [-0.2, 0) is 11.3 Å². The van der Waals surface area contributed by atoms with Gasteiger partial charge in [0, 0.05) is 62.4 Å². The molecule has 0 aliphatic carbocycles. The number of amides is 3. The first-order valence-corrected chi connectivity index (χ1v) is 14.4. The van der Waals surface area contributed by atoms with Crippen molar-refractivity contribution >= 4 is 52.4 Å². The molecular weight excluding hydrogens is 578 g/mol. The lowest BCUT2D eigenvalue weighted by Gasteiger charge is -2.39. The van der Waals surface area contributed by atoms with E-state index in [4.69, 9.17) is 16.6 Å². The molecule has 43 heavy (non-hydrogen) atoms. The van der Waals surface area contributed by atoms with Crippen molar-refractivity contribution in [3.63, 3.8) is 0 Å². The second-order valence-corrected chi connectivity index (χ2v) is 11.3. The lowest BCUT2D eigenvalue weighted by molar-refractivity contribution is -0.125. The molecule has 0 bridgehead atoms. The monoisotopic (exact) mass is 608 g/mol. The first kappa shape index (κ1) is 28.8. The molecule has 1 unspecified atom stereocenters. The number of aromatic nitrogens is 2. The lowest BCUT2D eigenvalue weighted by atomic mass is 10.1. The number of fused-ring (bicyclic) bond motifs is 1. The molecule has 6 rings (SSSR count). The van der Waals surface area contributed by atoms with Crippen LogP contribution in [0.2, 0.25) is 5.02 Å². The molecule has 4 heterocycles. The predicted molar refractivity (Wildman–Crippen MR) is 162 cm³/mol. The molecule has 13 heteroatoms. The van der Waals surface area contributed by atoms with Crippen molar-refractivity contribution in [2.24, 2.45) is 0 Å². The number of piperazine rings is 1. The number of rotatable bonds is 6. The van der Waals surface area contributed by atoms with E-state index in [1.807, 2.05) is 11.9 Å². The molecule has 2 fully saturated rings. The van der Waals surface area contributed by atoms with Gasteiger partial charge < -0.3 is 20.0 Å². The Morgan fingerprint density at radius 2 is 1.88 bits per heavy atom. The number of nitrogens with zero attached hydrogens (tertiary/aromatic N) is 7. The number of urea groups is 1. The number of carbonyl (C=O) groups is 2. The second-order valence-electron chi connectivity index (χ2n) is 10.9. The van der Waals surface area contributed by atoms with Crippen molar-refractivity contribution in [1.29, 1.82) is 0 Å². The summed E-state index contributed by atoms with van der Waals surface area (Å²) in [5, 5.41) is 2.97. The van der Waals surface area contributed by atoms with Crippen LogP contribution in [-0.4, -0.2) is 84.1 Å². The minimum absolute atomic E-state index is 0.104. The maximum absolute atomic E-state index is 15.1. The van der Waals surface area contributed by atoms with Crippen molar-refractivity contribution in [2.45, 2.75) is 19.0 Å². The zero-order valence-corrected chi connectivity index (χ0v) is 24.4. The van der Waals surface area contributed by atoms with Crippen molar-refractivity contribution < 1.29 is 18.4 Å². The summed E-state index contributed by atoms with van der Waals surface area (Å²) in [6.45, 7) is 7.66.